The van der Waals surface area contributed by atoms with Crippen LogP contribution >= 0.6 is 0 Å². The molecule has 0 aromatic rings. The summed E-state index contributed by atoms with van der Waals surface area (Å²) in [5, 5.41) is 0.167. The van der Waals surface area contributed by atoms with Gasteiger partial charge in [0.05, 0.1) is 12.2 Å². The van der Waals surface area contributed by atoms with Crippen LogP contribution < -0.4 is 0 Å². The summed E-state index contributed by atoms with van der Waals surface area (Å²) in [6.45, 7) is 27.1. The molecule has 0 saturated heterocycles. The third-order valence-electron chi connectivity index (χ3n) is 9.96. The average molecular weight is 545 g/mol. The zero-order chi connectivity index (χ0) is 27.7. The predicted molar refractivity (Wildman–Crippen MR) is 156 cm³/mol. The van der Waals surface area contributed by atoms with E-state index < -0.39 is 28.5 Å². The molecule has 2 rings (SSSR count). The fraction of sp³-hybridized carbons (Fsp3) is 0.933. The number of halogens is 2. The summed E-state index contributed by atoms with van der Waals surface area (Å²) in [5.74, 6) is -2.83. The van der Waals surface area contributed by atoms with Gasteiger partial charge in [-0.3, -0.25) is 0 Å². The van der Waals surface area contributed by atoms with Crippen LogP contribution in [0.5, 0.6) is 0 Å². The number of alkyl halides is 2. The third kappa shape index (κ3) is 7.76. The largest absolute Gasteiger partial charge is 0.413 e. The maximum absolute atomic E-state index is 15.2. The van der Waals surface area contributed by atoms with Gasteiger partial charge in [-0.05, 0) is 67.4 Å². The SMILES string of the molecule is CCCC[C@H](C)C[C@@H](/C=C/C1C(O[Si](C)(C)C(C)(C)C)CC2CCC(F)(F)C21)O[Si](C)(C)C(C)(C)C. The zero-order valence-corrected chi connectivity index (χ0v) is 27.6. The average Bonchev–Trinajstić information content (AvgIpc) is 3.18. The van der Waals surface area contributed by atoms with E-state index in [0.717, 1.165) is 12.8 Å². The molecule has 2 saturated carbocycles. The minimum Gasteiger partial charge on any atom is -0.413 e. The van der Waals surface area contributed by atoms with Crippen molar-refractivity contribution in [2.75, 3.05) is 0 Å². The van der Waals surface area contributed by atoms with Gasteiger partial charge in [0.25, 0.3) is 5.92 Å². The van der Waals surface area contributed by atoms with Gasteiger partial charge in [0, 0.05) is 18.3 Å². The molecular weight excluding hydrogens is 486 g/mol. The van der Waals surface area contributed by atoms with E-state index in [1.165, 1.54) is 19.3 Å². The van der Waals surface area contributed by atoms with Crippen molar-refractivity contribution in [2.24, 2.45) is 23.7 Å². The van der Waals surface area contributed by atoms with Crippen molar-refractivity contribution in [1.82, 2.24) is 0 Å². The molecular formula is C30H58F2O2Si2. The zero-order valence-electron chi connectivity index (χ0n) is 25.6. The summed E-state index contributed by atoms with van der Waals surface area (Å²) in [6.07, 6.45) is 10.1. The molecule has 2 nitrogen and oxygen atoms in total. The lowest BCUT2D eigenvalue weighted by atomic mass is 9.88. The van der Waals surface area contributed by atoms with Gasteiger partial charge in [0.1, 0.15) is 0 Å². The molecule has 0 amide bonds. The van der Waals surface area contributed by atoms with Gasteiger partial charge >= 0.3 is 0 Å². The van der Waals surface area contributed by atoms with Crippen molar-refractivity contribution in [3.8, 4) is 0 Å². The van der Waals surface area contributed by atoms with Crippen LogP contribution in [0.3, 0.4) is 0 Å². The quantitative estimate of drug-likeness (QED) is 0.190. The van der Waals surface area contributed by atoms with Crippen LogP contribution in [0.15, 0.2) is 12.2 Å². The smallest absolute Gasteiger partial charge is 0.251 e. The second kappa shape index (κ2) is 11.6. The molecule has 0 radical (unpaired) electrons. The highest BCUT2D eigenvalue weighted by molar-refractivity contribution is 6.74. The van der Waals surface area contributed by atoms with Crippen LogP contribution in [0.1, 0.15) is 100 Å². The van der Waals surface area contributed by atoms with Gasteiger partial charge in [-0.2, -0.15) is 0 Å². The topological polar surface area (TPSA) is 18.5 Å². The number of fused-ring (bicyclic) bond motifs is 1. The number of rotatable bonds is 11. The monoisotopic (exact) mass is 544 g/mol. The van der Waals surface area contributed by atoms with Gasteiger partial charge in [0.2, 0.25) is 0 Å². The number of unbranched alkanes of at least 4 members (excludes halogenated alkanes) is 1. The maximum Gasteiger partial charge on any atom is 0.251 e. The Morgan fingerprint density at radius 1 is 1.00 bits per heavy atom. The van der Waals surface area contributed by atoms with Crippen LogP contribution in [-0.2, 0) is 8.85 Å². The molecule has 0 aromatic heterocycles. The molecule has 2 fully saturated rings. The molecule has 2 aliphatic carbocycles. The first-order valence-corrected chi connectivity index (χ1v) is 20.5. The van der Waals surface area contributed by atoms with Gasteiger partial charge < -0.3 is 8.85 Å². The summed E-state index contributed by atoms with van der Waals surface area (Å²) in [5.41, 5.74) is 0. The predicted octanol–water partition coefficient (Wildman–Crippen LogP) is 10.2. The van der Waals surface area contributed by atoms with Gasteiger partial charge in [-0.1, -0.05) is 86.8 Å². The standard InChI is InChI=1S/C30H58F2O2Si2/c1-13-14-15-22(2)20-24(33-35(9,10)28(3,4)5)16-17-25-26(34-36(11,12)29(6,7)8)21-23-18-19-30(31,32)27(23)25/h16-17,22-27H,13-15,18-21H2,1-12H3/b17-16+/t22-,23?,24+,25?,26?,27?/m0/s1. The highest BCUT2D eigenvalue weighted by Crippen LogP contribution is 2.57. The van der Waals surface area contributed by atoms with Crippen LogP contribution in [0.4, 0.5) is 8.78 Å². The maximum atomic E-state index is 15.2. The molecule has 6 atom stereocenters. The van der Waals surface area contributed by atoms with E-state index in [1.807, 2.05) is 0 Å². The van der Waals surface area contributed by atoms with E-state index in [2.05, 4.69) is 93.7 Å². The van der Waals surface area contributed by atoms with Crippen LogP contribution in [0, 0.1) is 23.7 Å². The van der Waals surface area contributed by atoms with Gasteiger partial charge in [-0.15, -0.1) is 0 Å². The lowest BCUT2D eigenvalue weighted by molar-refractivity contribution is -0.0585. The summed E-state index contributed by atoms with van der Waals surface area (Å²) >= 11 is 0. The molecule has 0 spiro atoms. The number of hydrogen-bond acceptors (Lipinski definition) is 2. The Morgan fingerprint density at radius 3 is 2.11 bits per heavy atom. The molecule has 212 valence electrons. The summed E-state index contributed by atoms with van der Waals surface area (Å²) < 4.78 is 44.1. The molecule has 4 unspecified atom stereocenters. The normalized spacial score (nSPS) is 29.1. The van der Waals surface area contributed by atoms with Crippen LogP contribution in [-0.4, -0.2) is 34.8 Å². The minimum absolute atomic E-state index is 0.0252. The third-order valence-corrected chi connectivity index (χ3v) is 19.0. The van der Waals surface area contributed by atoms with Crippen molar-refractivity contribution in [1.29, 1.82) is 0 Å². The fourth-order valence-corrected chi connectivity index (χ4v) is 8.23. The Balaban J connectivity index is 2.36. The molecule has 0 aromatic carbocycles. The van der Waals surface area contributed by atoms with E-state index in [1.54, 1.807) is 0 Å². The van der Waals surface area contributed by atoms with E-state index in [9.17, 15) is 0 Å². The van der Waals surface area contributed by atoms with Gasteiger partial charge in [-0.25, -0.2) is 8.78 Å². The van der Waals surface area contributed by atoms with E-state index in [4.69, 9.17) is 8.85 Å². The highest BCUT2D eigenvalue weighted by Gasteiger charge is 2.60. The fourth-order valence-electron chi connectivity index (χ4n) is 5.58. The Hall–Kier alpha value is -0.0462. The molecule has 6 heteroatoms. The first-order valence-electron chi connectivity index (χ1n) is 14.6. The molecule has 0 N–H and O–H groups in total. The minimum atomic E-state index is -2.60. The first-order chi connectivity index (χ1) is 16.2. The number of hydrogen-bond donors (Lipinski definition) is 0. The molecule has 0 aliphatic heterocycles. The van der Waals surface area contributed by atoms with E-state index in [-0.39, 0.29) is 40.5 Å². The molecule has 36 heavy (non-hydrogen) atoms. The Labute approximate surface area is 224 Å². The molecule has 0 heterocycles. The summed E-state index contributed by atoms with van der Waals surface area (Å²) in [4.78, 5) is 0. The van der Waals surface area contributed by atoms with Crippen LogP contribution in [0.2, 0.25) is 36.3 Å². The lowest BCUT2D eigenvalue weighted by Crippen LogP contribution is -2.46. The summed E-state index contributed by atoms with van der Waals surface area (Å²) in [6, 6.07) is 0. The second-order valence-corrected chi connectivity index (χ2v) is 24.6. The first kappa shape index (κ1) is 32.2. The van der Waals surface area contributed by atoms with Crippen molar-refractivity contribution >= 4 is 16.6 Å². The molecule has 2 aliphatic rings. The Kier molecular flexibility index (Phi) is 10.4. The second-order valence-electron chi connectivity index (χ2n) is 15.1. The summed E-state index contributed by atoms with van der Waals surface area (Å²) in [7, 11) is -4.07. The lowest BCUT2D eigenvalue weighted by Gasteiger charge is -2.41. The van der Waals surface area contributed by atoms with Crippen molar-refractivity contribution in [3.05, 3.63) is 12.2 Å². The van der Waals surface area contributed by atoms with E-state index >= 15 is 8.78 Å². The van der Waals surface area contributed by atoms with Crippen LogP contribution in [0.25, 0.3) is 0 Å². The van der Waals surface area contributed by atoms with Crippen molar-refractivity contribution < 1.29 is 17.6 Å². The molecule has 0 bridgehead atoms. The highest BCUT2D eigenvalue weighted by atomic mass is 28.4. The van der Waals surface area contributed by atoms with Crippen molar-refractivity contribution in [3.63, 3.8) is 0 Å². The van der Waals surface area contributed by atoms with Crippen molar-refractivity contribution in [2.45, 2.75) is 155 Å². The Morgan fingerprint density at radius 2 is 1.58 bits per heavy atom. The Bertz CT molecular complexity index is 736. The van der Waals surface area contributed by atoms with E-state index in [0.29, 0.717) is 12.3 Å². The van der Waals surface area contributed by atoms with Gasteiger partial charge in [0.15, 0.2) is 16.6 Å².